The molecule has 4 heterocycles. The zero-order valence-corrected chi connectivity index (χ0v) is 21.7. The van der Waals surface area contributed by atoms with E-state index in [9.17, 15) is 9.59 Å². The molecule has 10 nitrogen and oxygen atoms in total. The molecule has 1 saturated carbocycles. The lowest BCUT2D eigenvalue weighted by Crippen LogP contribution is -2.44. The summed E-state index contributed by atoms with van der Waals surface area (Å²) in [6.45, 7) is 7.97. The van der Waals surface area contributed by atoms with Gasteiger partial charge in [-0.05, 0) is 43.5 Å². The van der Waals surface area contributed by atoms with Crippen LogP contribution in [0.1, 0.15) is 18.4 Å². The van der Waals surface area contributed by atoms with Gasteiger partial charge in [0.15, 0.2) is 0 Å². The third-order valence-electron chi connectivity index (χ3n) is 7.63. The van der Waals surface area contributed by atoms with Crippen molar-refractivity contribution >= 4 is 40.0 Å². The van der Waals surface area contributed by atoms with Gasteiger partial charge in [-0.3, -0.25) is 14.2 Å². The van der Waals surface area contributed by atoms with Gasteiger partial charge in [0.1, 0.15) is 11.3 Å². The summed E-state index contributed by atoms with van der Waals surface area (Å²) in [5.74, 6) is 0.388. The second-order valence-corrected chi connectivity index (χ2v) is 10.2. The topological polar surface area (TPSA) is 102 Å². The van der Waals surface area contributed by atoms with Crippen molar-refractivity contribution in [2.45, 2.75) is 38.5 Å². The highest BCUT2D eigenvalue weighted by molar-refractivity contribution is 6.05. The minimum absolute atomic E-state index is 0.0162. The predicted octanol–water partition coefficient (Wildman–Crippen LogP) is 3.01. The zero-order valence-electron chi connectivity index (χ0n) is 21.7. The maximum atomic E-state index is 14.2. The number of carbonyl (C=O) groups is 1. The Bertz CT molecular complexity index is 1470. The van der Waals surface area contributed by atoms with E-state index in [0.29, 0.717) is 56.2 Å². The first kappa shape index (κ1) is 24.6. The Morgan fingerprint density at radius 2 is 2.11 bits per heavy atom. The Balaban J connectivity index is 1.49. The fourth-order valence-corrected chi connectivity index (χ4v) is 5.46. The van der Waals surface area contributed by atoms with Crippen LogP contribution in [0.5, 0.6) is 0 Å². The quantitative estimate of drug-likeness (QED) is 0.479. The number of nitrogens with one attached hydrogen (secondary N) is 1. The number of aryl methyl sites for hydroxylation is 1. The molecule has 2 aromatic heterocycles. The lowest BCUT2D eigenvalue weighted by atomic mass is 10.1. The van der Waals surface area contributed by atoms with Crippen LogP contribution in [0, 0.1) is 12.8 Å². The first-order chi connectivity index (χ1) is 18.5. The Morgan fingerprint density at radius 1 is 1.26 bits per heavy atom. The molecule has 1 aromatic carbocycles. The van der Waals surface area contributed by atoms with Crippen LogP contribution >= 0.6 is 0 Å². The summed E-state index contributed by atoms with van der Waals surface area (Å²) < 4.78 is 13.1. The summed E-state index contributed by atoms with van der Waals surface area (Å²) in [4.78, 5) is 40.0. The maximum Gasteiger partial charge on any atom is 0.276 e. The van der Waals surface area contributed by atoms with Crippen molar-refractivity contribution in [2.24, 2.45) is 5.92 Å². The predicted molar refractivity (Wildman–Crippen MR) is 146 cm³/mol. The molecule has 1 N–H and O–H groups in total. The number of hydrogen-bond donors (Lipinski definition) is 1. The number of ether oxygens (including phenoxy) is 2. The second kappa shape index (κ2) is 9.85. The molecule has 1 saturated heterocycles. The molecule has 0 bridgehead atoms. The molecule has 10 heteroatoms. The molecule has 0 unspecified atom stereocenters. The van der Waals surface area contributed by atoms with E-state index in [4.69, 9.17) is 14.5 Å². The van der Waals surface area contributed by atoms with E-state index in [2.05, 4.69) is 16.9 Å². The van der Waals surface area contributed by atoms with Gasteiger partial charge in [-0.25, -0.2) is 4.98 Å². The van der Waals surface area contributed by atoms with Gasteiger partial charge in [0.2, 0.25) is 5.95 Å². The largest absolute Gasteiger partial charge is 0.379 e. The standard InChI is InChI=1S/C28H32N6O4/c1-4-24(35)33-11-10-32(21-7-5-6-17(2)25(21)33)22-12-18-13-29-28(30-20-8-9-20)31-26(18)34(27(22)36)14-19-15-38-16-23(19)37-3/h4-7,12-13,19-20,23H,1,8-11,14-16H2,2-3H3,(H,29,30,31)/t19-,23-/m1/s1. The Hall–Kier alpha value is -3.76. The van der Waals surface area contributed by atoms with Crippen LogP contribution in [-0.4, -0.2) is 66.0 Å². The molecular weight excluding hydrogens is 484 g/mol. The number of benzene rings is 1. The van der Waals surface area contributed by atoms with Crippen molar-refractivity contribution in [3.05, 3.63) is 59.0 Å². The highest BCUT2D eigenvalue weighted by Gasteiger charge is 2.33. The van der Waals surface area contributed by atoms with Crippen LogP contribution in [0.2, 0.25) is 0 Å². The molecule has 2 aliphatic heterocycles. The van der Waals surface area contributed by atoms with Crippen LogP contribution < -0.4 is 20.7 Å². The van der Waals surface area contributed by atoms with E-state index in [0.717, 1.165) is 35.2 Å². The van der Waals surface area contributed by atoms with Gasteiger partial charge in [-0.2, -0.15) is 4.98 Å². The van der Waals surface area contributed by atoms with Gasteiger partial charge < -0.3 is 24.6 Å². The van der Waals surface area contributed by atoms with Crippen molar-refractivity contribution in [3.63, 3.8) is 0 Å². The number of anilines is 4. The first-order valence-corrected chi connectivity index (χ1v) is 13.1. The third kappa shape index (κ3) is 4.33. The van der Waals surface area contributed by atoms with Crippen molar-refractivity contribution in [1.82, 2.24) is 14.5 Å². The van der Waals surface area contributed by atoms with Crippen molar-refractivity contribution in [3.8, 4) is 0 Å². The molecular formula is C28H32N6O4. The second-order valence-electron chi connectivity index (χ2n) is 10.2. The van der Waals surface area contributed by atoms with Gasteiger partial charge in [0, 0.05) is 50.3 Å². The summed E-state index contributed by atoms with van der Waals surface area (Å²) in [5, 5.41) is 4.11. The molecule has 0 spiro atoms. The average molecular weight is 517 g/mol. The summed E-state index contributed by atoms with van der Waals surface area (Å²) in [6, 6.07) is 8.12. The highest BCUT2D eigenvalue weighted by Crippen LogP contribution is 2.39. The monoisotopic (exact) mass is 516 g/mol. The summed E-state index contributed by atoms with van der Waals surface area (Å²) in [7, 11) is 1.67. The SMILES string of the molecule is C=CC(=O)N1CCN(c2cc3cnc(NC4CC4)nc3n(C[C@@H]3COC[C@H]3OC)c2=O)c2cccc(C)c21. The van der Waals surface area contributed by atoms with E-state index in [-0.39, 0.29) is 23.5 Å². The molecule has 3 aromatic rings. The number of para-hydroxylation sites is 1. The van der Waals surface area contributed by atoms with Crippen LogP contribution in [0.25, 0.3) is 11.0 Å². The summed E-state index contributed by atoms with van der Waals surface area (Å²) in [5.41, 5.74) is 3.51. The van der Waals surface area contributed by atoms with Gasteiger partial charge in [0.05, 0.1) is 30.7 Å². The molecule has 1 amide bonds. The summed E-state index contributed by atoms with van der Waals surface area (Å²) in [6.07, 6.45) is 5.21. The minimum Gasteiger partial charge on any atom is -0.379 e. The van der Waals surface area contributed by atoms with Gasteiger partial charge >= 0.3 is 0 Å². The number of carbonyl (C=O) groups excluding carboxylic acids is 1. The van der Waals surface area contributed by atoms with Crippen molar-refractivity contribution in [1.29, 1.82) is 0 Å². The molecule has 0 radical (unpaired) electrons. The molecule has 6 rings (SSSR count). The third-order valence-corrected chi connectivity index (χ3v) is 7.63. The van der Waals surface area contributed by atoms with Crippen molar-refractivity contribution < 1.29 is 14.3 Å². The number of amides is 1. The molecule has 1 aliphatic carbocycles. The van der Waals surface area contributed by atoms with Gasteiger partial charge in [-0.15, -0.1) is 0 Å². The van der Waals surface area contributed by atoms with E-state index in [1.54, 1.807) is 22.8 Å². The zero-order chi connectivity index (χ0) is 26.4. The molecule has 38 heavy (non-hydrogen) atoms. The Labute approximate surface area is 220 Å². The van der Waals surface area contributed by atoms with Crippen molar-refractivity contribution in [2.75, 3.05) is 48.5 Å². The number of pyridine rings is 1. The Kier molecular flexibility index (Phi) is 6.37. The maximum absolute atomic E-state index is 14.2. The summed E-state index contributed by atoms with van der Waals surface area (Å²) >= 11 is 0. The van der Waals surface area contributed by atoms with Crippen LogP contribution in [0.15, 0.2) is 47.9 Å². The Morgan fingerprint density at radius 3 is 2.87 bits per heavy atom. The number of hydrogen-bond acceptors (Lipinski definition) is 8. The first-order valence-electron chi connectivity index (χ1n) is 13.1. The molecule has 198 valence electrons. The number of nitrogens with zero attached hydrogens (tertiary/aromatic N) is 5. The fourth-order valence-electron chi connectivity index (χ4n) is 5.46. The van der Waals surface area contributed by atoms with Crippen LogP contribution in [-0.2, 0) is 20.8 Å². The van der Waals surface area contributed by atoms with Crippen LogP contribution in [0.4, 0.5) is 23.0 Å². The van der Waals surface area contributed by atoms with E-state index in [1.807, 2.05) is 36.1 Å². The molecule has 2 atom stereocenters. The number of rotatable bonds is 7. The lowest BCUT2D eigenvalue weighted by Gasteiger charge is -2.38. The van der Waals surface area contributed by atoms with Gasteiger partial charge in [0.25, 0.3) is 11.5 Å². The lowest BCUT2D eigenvalue weighted by molar-refractivity contribution is -0.114. The minimum atomic E-state index is -0.160. The fraction of sp³-hybridized carbons (Fsp3) is 0.429. The van der Waals surface area contributed by atoms with Gasteiger partial charge in [-0.1, -0.05) is 18.7 Å². The number of fused-ring (bicyclic) bond motifs is 2. The molecule has 2 fully saturated rings. The van der Waals surface area contributed by atoms with E-state index >= 15 is 0 Å². The molecule has 3 aliphatic rings. The normalized spacial score (nSPS) is 21.0. The smallest absolute Gasteiger partial charge is 0.276 e. The van der Waals surface area contributed by atoms with E-state index in [1.165, 1.54) is 6.08 Å². The number of methoxy groups -OCH3 is 1. The van der Waals surface area contributed by atoms with Crippen LogP contribution in [0.3, 0.4) is 0 Å². The highest BCUT2D eigenvalue weighted by atomic mass is 16.5. The van der Waals surface area contributed by atoms with E-state index < -0.39 is 0 Å². The average Bonchev–Trinajstić information content (AvgIpc) is 3.63. The number of aromatic nitrogens is 3.